The summed E-state index contributed by atoms with van der Waals surface area (Å²) in [5.74, 6) is 0. The van der Waals surface area contributed by atoms with E-state index in [1.165, 1.54) is 10.5 Å². The number of ether oxygens (including phenoxy) is 1. The Morgan fingerprint density at radius 1 is 1.55 bits per heavy atom. The lowest BCUT2D eigenvalue weighted by Gasteiger charge is -2.30. The van der Waals surface area contributed by atoms with Crippen LogP contribution in [0.4, 0.5) is 0 Å². The van der Waals surface area contributed by atoms with Gasteiger partial charge in [0.25, 0.3) is 0 Å². The lowest BCUT2D eigenvalue weighted by atomic mass is 10.1. The van der Waals surface area contributed by atoms with Gasteiger partial charge in [0.15, 0.2) is 0 Å². The van der Waals surface area contributed by atoms with E-state index < -0.39 is 10.0 Å². The van der Waals surface area contributed by atoms with Crippen molar-refractivity contribution in [3.05, 3.63) is 12.4 Å². The summed E-state index contributed by atoms with van der Waals surface area (Å²) in [5, 5.41) is 7.10. The highest BCUT2D eigenvalue weighted by molar-refractivity contribution is 7.89. The van der Waals surface area contributed by atoms with Crippen molar-refractivity contribution in [2.24, 2.45) is 0 Å². The van der Waals surface area contributed by atoms with Gasteiger partial charge in [-0.3, -0.25) is 4.68 Å². The van der Waals surface area contributed by atoms with Crippen LogP contribution in [0.2, 0.25) is 0 Å². The summed E-state index contributed by atoms with van der Waals surface area (Å²) in [6, 6.07) is 0. The van der Waals surface area contributed by atoms with Crippen LogP contribution < -0.4 is 5.32 Å². The SMILES string of the molecule is CNCCn1cc(S(=O)(=O)N2CCCC(OC)C2)cn1. The van der Waals surface area contributed by atoms with Crippen molar-refractivity contribution in [2.75, 3.05) is 33.8 Å². The number of piperidine rings is 1. The van der Waals surface area contributed by atoms with Crippen LogP contribution in [-0.2, 0) is 21.3 Å². The molecule has 1 unspecified atom stereocenters. The molecule has 0 spiro atoms. The molecule has 20 heavy (non-hydrogen) atoms. The molecular formula is C12H22N4O3S. The zero-order chi connectivity index (χ0) is 14.6. The fourth-order valence-electron chi connectivity index (χ4n) is 2.29. The highest BCUT2D eigenvalue weighted by atomic mass is 32.2. The van der Waals surface area contributed by atoms with Crippen LogP contribution in [0.5, 0.6) is 0 Å². The minimum absolute atomic E-state index is 0.0159. The van der Waals surface area contributed by atoms with Gasteiger partial charge in [-0.2, -0.15) is 9.40 Å². The summed E-state index contributed by atoms with van der Waals surface area (Å²) in [6.07, 6.45) is 4.72. The van der Waals surface area contributed by atoms with Gasteiger partial charge in [0.1, 0.15) is 4.90 Å². The van der Waals surface area contributed by atoms with E-state index in [1.54, 1.807) is 18.0 Å². The summed E-state index contributed by atoms with van der Waals surface area (Å²) in [7, 11) is 0.00893. The third-order valence-electron chi connectivity index (χ3n) is 3.51. The van der Waals surface area contributed by atoms with Crippen molar-refractivity contribution in [3.63, 3.8) is 0 Å². The Labute approximate surface area is 120 Å². The van der Waals surface area contributed by atoms with Gasteiger partial charge in [-0.05, 0) is 19.9 Å². The maximum atomic E-state index is 12.5. The first-order valence-corrected chi connectivity index (χ1v) is 8.22. The number of nitrogens with zero attached hydrogens (tertiary/aromatic N) is 3. The molecule has 0 saturated carbocycles. The van der Waals surface area contributed by atoms with Gasteiger partial charge in [-0.25, -0.2) is 8.42 Å². The van der Waals surface area contributed by atoms with Crippen molar-refractivity contribution in [1.82, 2.24) is 19.4 Å². The molecule has 0 bridgehead atoms. The Kier molecular flexibility index (Phi) is 5.14. The maximum Gasteiger partial charge on any atom is 0.246 e. The number of aromatic nitrogens is 2. The zero-order valence-electron chi connectivity index (χ0n) is 11.9. The van der Waals surface area contributed by atoms with E-state index in [-0.39, 0.29) is 11.0 Å². The van der Waals surface area contributed by atoms with E-state index in [0.717, 1.165) is 19.4 Å². The fraction of sp³-hybridized carbons (Fsp3) is 0.750. The van der Waals surface area contributed by atoms with E-state index >= 15 is 0 Å². The Balaban J connectivity index is 2.11. The molecule has 2 heterocycles. The van der Waals surface area contributed by atoms with Gasteiger partial charge in [0.2, 0.25) is 10.0 Å². The lowest BCUT2D eigenvalue weighted by molar-refractivity contribution is 0.0572. The predicted octanol–water partition coefficient (Wildman–Crippen LogP) is -0.0980. The Morgan fingerprint density at radius 2 is 2.35 bits per heavy atom. The van der Waals surface area contributed by atoms with Crippen LogP contribution in [0, 0.1) is 0 Å². The molecule has 2 rings (SSSR count). The standard InChI is InChI=1S/C12H22N4O3S/c1-13-5-7-15-10-12(8-14-15)20(17,18)16-6-3-4-11(9-16)19-2/h8,10-11,13H,3-7,9H2,1-2H3. The molecule has 1 aromatic rings. The van der Waals surface area contributed by atoms with Crippen LogP contribution in [0.3, 0.4) is 0 Å². The molecular weight excluding hydrogens is 280 g/mol. The smallest absolute Gasteiger partial charge is 0.246 e. The number of rotatable bonds is 6. The molecule has 0 aromatic carbocycles. The minimum Gasteiger partial charge on any atom is -0.380 e. The summed E-state index contributed by atoms with van der Waals surface area (Å²) in [4.78, 5) is 0.255. The van der Waals surface area contributed by atoms with Gasteiger partial charge in [0.05, 0.1) is 18.8 Å². The second-order valence-corrected chi connectivity index (χ2v) is 6.84. The van der Waals surface area contributed by atoms with Gasteiger partial charge in [-0.15, -0.1) is 0 Å². The van der Waals surface area contributed by atoms with Gasteiger partial charge >= 0.3 is 0 Å². The van der Waals surface area contributed by atoms with Crippen LogP contribution in [0.15, 0.2) is 17.3 Å². The number of likely N-dealkylation sites (N-methyl/N-ethyl adjacent to an activating group) is 1. The molecule has 0 radical (unpaired) electrons. The number of sulfonamides is 1. The second kappa shape index (κ2) is 6.66. The van der Waals surface area contributed by atoms with Crippen molar-refractivity contribution >= 4 is 10.0 Å². The highest BCUT2D eigenvalue weighted by Gasteiger charge is 2.31. The van der Waals surface area contributed by atoms with E-state index in [4.69, 9.17) is 4.74 Å². The fourth-order valence-corrected chi connectivity index (χ4v) is 3.76. The average Bonchev–Trinajstić information content (AvgIpc) is 2.94. The monoisotopic (exact) mass is 302 g/mol. The van der Waals surface area contributed by atoms with Gasteiger partial charge in [0, 0.05) is 32.9 Å². The van der Waals surface area contributed by atoms with Crippen molar-refractivity contribution in [2.45, 2.75) is 30.4 Å². The van der Waals surface area contributed by atoms with Crippen LogP contribution >= 0.6 is 0 Å². The molecule has 1 saturated heterocycles. The normalized spacial score (nSPS) is 21.2. The molecule has 8 heteroatoms. The van der Waals surface area contributed by atoms with Gasteiger partial charge < -0.3 is 10.1 Å². The molecule has 0 amide bonds. The van der Waals surface area contributed by atoms with E-state index in [0.29, 0.717) is 19.6 Å². The van der Waals surface area contributed by atoms with Crippen molar-refractivity contribution in [3.8, 4) is 0 Å². The third-order valence-corrected chi connectivity index (χ3v) is 5.33. The molecule has 1 aromatic heterocycles. The highest BCUT2D eigenvalue weighted by Crippen LogP contribution is 2.21. The first-order chi connectivity index (χ1) is 9.57. The number of hydrogen-bond donors (Lipinski definition) is 1. The molecule has 1 aliphatic heterocycles. The number of nitrogens with one attached hydrogen (secondary N) is 1. The molecule has 1 N–H and O–H groups in total. The van der Waals surface area contributed by atoms with Crippen LogP contribution in [0.1, 0.15) is 12.8 Å². The quantitative estimate of drug-likeness (QED) is 0.794. The zero-order valence-corrected chi connectivity index (χ0v) is 12.8. The van der Waals surface area contributed by atoms with Crippen LogP contribution in [-0.4, -0.2) is 62.4 Å². The average molecular weight is 302 g/mol. The minimum atomic E-state index is -3.46. The van der Waals surface area contributed by atoms with E-state index in [2.05, 4.69) is 10.4 Å². The first kappa shape index (κ1) is 15.4. The van der Waals surface area contributed by atoms with Gasteiger partial charge in [-0.1, -0.05) is 0 Å². The lowest BCUT2D eigenvalue weighted by Crippen LogP contribution is -2.42. The number of hydrogen-bond acceptors (Lipinski definition) is 5. The Bertz CT molecular complexity index is 529. The first-order valence-electron chi connectivity index (χ1n) is 6.78. The Morgan fingerprint density at radius 3 is 3.05 bits per heavy atom. The van der Waals surface area contributed by atoms with E-state index in [9.17, 15) is 8.42 Å². The molecule has 1 fully saturated rings. The largest absolute Gasteiger partial charge is 0.380 e. The summed E-state index contributed by atoms with van der Waals surface area (Å²) in [5.41, 5.74) is 0. The molecule has 1 atom stereocenters. The van der Waals surface area contributed by atoms with E-state index in [1.807, 2.05) is 7.05 Å². The Hall–Kier alpha value is -0.960. The summed E-state index contributed by atoms with van der Waals surface area (Å²) < 4.78 is 33.5. The van der Waals surface area contributed by atoms with Crippen molar-refractivity contribution in [1.29, 1.82) is 0 Å². The molecule has 114 valence electrons. The summed E-state index contributed by atoms with van der Waals surface area (Å²) in [6.45, 7) is 2.35. The third kappa shape index (κ3) is 3.38. The van der Waals surface area contributed by atoms with Crippen molar-refractivity contribution < 1.29 is 13.2 Å². The topological polar surface area (TPSA) is 76.5 Å². The maximum absolute atomic E-state index is 12.5. The predicted molar refractivity (Wildman–Crippen MR) is 74.9 cm³/mol. The van der Waals surface area contributed by atoms with Crippen LogP contribution in [0.25, 0.3) is 0 Å². The second-order valence-electron chi connectivity index (χ2n) is 4.91. The molecule has 0 aliphatic carbocycles. The number of methoxy groups -OCH3 is 1. The molecule has 1 aliphatic rings. The summed E-state index contributed by atoms with van der Waals surface area (Å²) >= 11 is 0. The molecule has 7 nitrogen and oxygen atoms in total.